The van der Waals surface area contributed by atoms with Crippen LogP contribution in [0.5, 0.6) is 0 Å². The summed E-state index contributed by atoms with van der Waals surface area (Å²) in [6, 6.07) is 10.3. The molecule has 100 valence electrons. The summed E-state index contributed by atoms with van der Waals surface area (Å²) in [7, 11) is 0. The number of aliphatic hydroxyl groups is 1. The second kappa shape index (κ2) is 4.63. The molecule has 2 fully saturated rings. The Labute approximate surface area is 113 Å². The van der Waals surface area contributed by atoms with Crippen molar-refractivity contribution in [2.75, 3.05) is 0 Å². The van der Waals surface area contributed by atoms with E-state index in [4.69, 9.17) is 4.74 Å². The molecule has 2 aliphatic heterocycles. The first kappa shape index (κ1) is 12.7. The van der Waals surface area contributed by atoms with Gasteiger partial charge in [0, 0.05) is 0 Å². The summed E-state index contributed by atoms with van der Waals surface area (Å²) < 4.78 is 5.81. The summed E-state index contributed by atoms with van der Waals surface area (Å²) in [5.41, 5.74) is 1.25. The number of aliphatic hydroxyl groups excluding tert-OH is 1. The Kier molecular flexibility index (Phi) is 3.08. The van der Waals surface area contributed by atoms with Crippen molar-refractivity contribution in [3.05, 3.63) is 35.4 Å². The maximum absolute atomic E-state index is 10.8. The van der Waals surface area contributed by atoms with Crippen molar-refractivity contribution in [1.29, 1.82) is 5.26 Å². The predicted molar refractivity (Wildman–Crippen MR) is 71.3 cm³/mol. The van der Waals surface area contributed by atoms with Crippen molar-refractivity contribution in [3.8, 4) is 6.07 Å². The molecule has 4 unspecified atom stereocenters. The molecule has 0 spiro atoms. The zero-order valence-corrected chi connectivity index (χ0v) is 11.2. The molecule has 1 aromatic carbocycles. The van der Waals surface area contributed by atoms with E-state index in [0.29, 0.717) is 6.42 Å². The molecule has 3 heteroatoms. The zero-order valence-electron chi connectivity index (χ0n) is 11.2. The van der Waals surface area contributed by atoms with E-state index >= 15 is 0 Å². The normalized spacial score (nSPS) is 34.2. The van der Waals surface area contributed by atoms with Crippen LogP contribution in [0.15, 0.2) is 24.3 Å². The van der Waals surface area contributed by atoms with Crippen LogP contribution in [0.1, 0.15) is 43.4 Å². The van der Waals surface area contributed by atoms with Crippen LogP contribution >= 0.6 is 0 Å². The number of ether oxygens (including phenoxy) is 1. The molecule has 2 aliphatic rings. The summed E-state index contributed by atoms with van der Waals surface area (Å²) in [6.45, 7) is 2.07. The van der Waals surface area contributed by atoms with Crippen LogP contribution in [-0.2, 0) is 11.2 Å². The van der Waals surface area contributed by atoms with Crippen molar-refractivity contribution >= 4 is 0 Å². The fourth-order valence-corrected chi connectivity index (χ4v) is 3.61. The van der Waals surface area contributed by atoms with Crippen molar-refractivity contribution in [2.24, 2.45) is 5.41 Å². The number of nitriles is 1. The minimum Gasteiger partial charge on any atom is -0.387 e. The number of hydrogen-bond acceptors (Lipinski definition) is 3. The minimum absolute atomic E-state index is 0.109. The second-order valence-corrected chi connectivity index (χ2v) is 5.64. The Bertz CT molecular complexity index is 522. The standard InChI is InChI=1S/C16H19NO2/c1-2-11-5-3-4-6-13(11)15(18)16(10-17)9-12-7-8-14(16)19-12/h3-6,12,14-15,18H,2,7-9H2,1H3. The molecule has 2 heterocycles. The third-order valence-electron chi connectivity index (χ3n) is 4.67. The Balaban J connectivity index is 1.99. The molecule has 1 N–H and O–H groups in total. The second-order valence-electron chi connectivity index (χ2n) is 5.64. The van der Waals surface area contributed by atoms with Crippen LogP contribution in [0.25, 0.3) is 0 Å². The van der Waals surface area contributed by atoms with Crippen molar-refractivity contribution in [1.82, 2.24) is 0 Å². The van der Waals surface area contributed by atoms with E-state index in [1.165, 1.54) is 0 Å². The maximum Gasteiger partial charge on any atom is 0.116 e. The van der Waals surface area contributed by atoms with Gasteiger partial charge in [-0.1, -0.05) is 31.2 Å². The number of fused-ring (bicyclic) bond motifs is 2. The number of nitrogens with zero attached hydrogens (tertiary/aromatic N) is 1. The Morgan fingerprint density at radius 2 is 2.26 bits per heavy atom. The van der Waals surface area contributed by atoms with E-state index in [0.717, 1.165) is 30.4 Å². The maximum atomic E-state index is 10.8. The lowest BCUT2D eigenvalue weighted by Crippen LogP contribution is -2.37. The molecule has 0 aliphatic carbocycles. The van der Waals surface area contributed by atoms with E-state index in [2.05, 4.69) is 13.0 Å². The van der Waals surface area contributed by atoms with Gasteiger partial charge in [0.25, 0.3) is 0 Å². The molecule has 2 saturated heterocycles. The highest BCUT2D eigenvalue weighted by atomic mass is 16.5. The lowest BCUT2D eigenvalue weighted by Gasteiger charge is -2.34. The molecule has 0 aromatic heterocycles. The van der Waals surface area contributed by atoms with Gasteiger partial charge in [-0.25, -0.2) is 0 Å². The molecule has 19 heavy (non-hydrogen) atoms. The Hall–Kier alpha value is -1.37. The first-order valence-corrected chi connectivity index (χ1v) is 7.04. The van der Waals surface area contributed by atoms with Crippen LogP contribution in [0.4, 0.5) is 0 Å². The molecule has 2 bridgehead atoms. The molecule has 4 atom stereocenters. The van der Waals surface area contributed by atoms with E-state index < -0.39 is 11.5 Å². The molecule has 3 rings (SSSR count). The predicted octanol–water partition coefficient (Wildman–Crippen LogP) is 2.74. The van der Waals surface area contributed by atoms with Gasteiger partial charge in [0.05, 0.1) is 18.3 Å². The van der Waals surface area contributed by atoms with Gasteiger partial charge in [-0.15, -0.1) is 0 Å². The van der Waals surface area contributed by atoms with Gasteiger partial charge >= 0.3 is 0 Å². The summed E-state index contributed by atoms with van der Waals surface area (Å²) >= 11 is 0. The molecule has 0 radical (unpaired) electrons. The molecule has 0 amide bonds. The van der Waals surface area contributed by atoms with Crippen LogP contribution in [0, 0.1) is 16.7 Å². The van der Waals surface area contributed by atoms with Gasteiger partial charge in [0.15, 0.2) is 0 Å². The molecule has 3 nitrogen and oxygen atoms in total. The fraction of sp³-hybridized carbons (Fsp3) is 0.562. The van der Waals surface area contributed by atoms with Gasteiger partial charge in [0.1, 0.15) is 11.5 Å². The Morgan fingerprint density at radius 1 is 1.47 bits per heavy atom. The van der Waals surface area contributed by atoms with E-state index in [1.54, 1.807) is 0 Å². The smallest absolute Gasteiger partial charge is 0.116 e. The van der Waals surface area contributed by atoms with E-state index in [1.807, 2.05) is 24.3 Å². The monoisotopic (exact) mass is 257 g/mol. The topological polar surface area (TPSA) is 53.2 Å². The summed E-state index contributed by atoms with van der Waals surface area (Å²) in [6.07, 6.45) is 2.75. The van der Waals surface area contributed by atoms with Crippen LogP contribution in [0.3, 0.4) is 0 Å². The third-order valence-corrected chi connectivity index (χ3v) is 4.67. The highest BCUT2D eigenvalue weighted by Gasteiger charge is 2.57. The SMILES string of the molecule is CCc1ccccc1C(O)C1(C#N)CC2CCC1O2. The molecule has 0 saturated carbocycles. The first-order chi connectivity index (χ1) is 9.21. The average Bonchev–Trinajstić information content (AvgIpc) is 3.07. The van der Waals surface area contributed by atoms with Crippen LogP contribution in [0.2, 0.25) is 0 Å². The highest BCUT2D eigenvalue weighted by Crippen LogP contribution is 2.54. The molecular weight excluding hydrogens is 238 g/mol. The van der Waals surface area contributed by atoms with Crippen LogP contribution in [-0.4, -0.2) is 17.3 Å². The van der Waals surface area contributed by atoms with Gasteiger partial charge in [-0.2, -0.15) is 5.26 Å². The minimum atomic E-state index is -0.756. The molecule has 1 aromatic rings. The average molecular weight is 257 g/mol. The summed E-state index contributed by atoms with van der Waals surface area (Å²) in [5.74, 6) is 0. The number of hydrogen-bond donors (Lipinski definition) is 1. The third kappa shape index (κ3) is 1.79. The number of rotatable bonds is 3. The quantitative estimate of drug-likeness (QED) is 0.905. The summed E-state index contributed by atoms with van der Waals surface area (Å²) in [4.78, 5) is 0. The van der Waals surface area contributed by atoms with Crippen LogP contribution < -0.4 is 0 Å². The lowest BCUT2D eigenvalue weighted by molar-refractivity contribution is 0.00302. The van der Waals surface area contributed by atoms with Gasteiger partial charge in [-0.05, 0) is 36.8 Å². The highest BCUT2D eigenvalue weighted by molar-refractivity contribution is 5.33. The van der Waals surface area contributed by atoms with Gasteiger partial charge < -0.3 is 9.84 Å². The largest absolute Gasteiger partial charge is 0.387 e. The summed E-state index contributed by atoms with van der Waals surface area (Å²) in [5, 5.41) is 20.4. The lowest BCUT2D eigenvalue weighted by atomic mass is 9.68. The van der Waals surface area contributed by atoms with Gasteiger partial charge in [0.2, 0.25) is 0 Å². The zero-order chi connectivity index (χ0) is 13.5. The van der Waals surface area contributed by atoms with Crippen molar-refractivity contribution in [3.63, 3.8) is 0 Å². The fourth-order valence-electron chi connectivity index (χ4n) is 3.61. The van der Waals surface area contributed by atoms with E-state index in [-0.39, 0.29) is 12.2 Å². The van der Waals surface area contributed by atoms with Gasteiger partial charge in [-0.3, -0.25) is 0 Å². The number of aryl methyl sites for hydroxylation is 1. The van der Waals surface area contributed by atoms with E-state index in [9.17, 15) is 10.4 Å². The Morgan fingerprint density at radius 3 is 2.84 bits per heavy atom. The first-order valence-electron chi connectivity index (χ1n) is 7.04. The van der Waals surface area contributed by atoms with Crippen molar-refractivity contribution < 1.29 is 9.84 Å². The number of benzene rings is 1. The molecular formula is C16H19NO2. The van der Waals surface area contributed by atoms with Crippen molar-refractivity contribution in [2.45, 2.75) is 50.9 Å².